The molecule has 9 rings (SSSR count). The van der Waals surface area contributed by atoms with Gasteiger partial charge in [0.1, 0.15) is 90.3 Å². The predicted molar refractivity (Wildman–Crippen MR) is 502 cm³/mol. The largest absolute Gasteiger partial charge is 0.508 e. The number of primary amides is 2. The van der Waals surface area contributed by atoms with Crippen molar-refractivity contribution in [3.05, 3.63) is 119 Å². The Bertz CT molecular complexity index is 5320. The average Bonchev–Trinajstić information content (AvgIpc) is 1.63. The quantitative estimate of drug-likeness (QED) is 0.0177. The molecule has 3 aliphatic heterocycles. The van der Waals surface area contributed by atoms with E-state index in [9.17, 15) is 53.4 Å². The van der Waals surface area contributed by atoms with Gasteiger partial charge >= 0.3 is 0 Å². The number of halogens is 2. The van der Waals surface area contributed by atoms with E-state index in [0.29, 0.717) is 63.6 Å². The molecule has 137 heavy (non-hydrogen) atoms. The number of aromatic hydroxyl groups is 1. The number of likely N-dealkylation sites (N-methyl/N-ethyl adjacent to an activating group) is 3. The highest BCUT2D eigenvalue weighted by Gasteiger charge is 2.53. The Kier molecular flexibility index (Phi) is 39.5. The number of amides is 17. The van der Waals surface area contributed by atoms with Crippen molar-refractivity contribution in [2.75, 3.05) is 65.4 Å². The number of hydrogen-bond donors (Lipinski definition) is 19. The molecular weight excluding hydrogens is 1820 g/mol. The molecule has 0 aliphatic carbocycles. The molecule has 3 aromatic carbocycles. The molecule has 46 heteroatoms. The molecule has 6 aromatic rings. The van der Waals surface area contributed by atoms with Crippen molar-refractivity contribution in [1.29, 1.82) is 5.41 Å². The molecule has 14 atom stereocenters. The van der Waals surface area contributed by atoms with Crippen molar-refractivity contribution in [2.24, 2.45) is 23.1 Å². The van der Waals surface area contributed by atoms with Gasteiger partial charge in [0.2, 0.25) is 100 Å². The lowest BCUT2D eigenvalue weighted by atomic mass is 10.00. The van der Waals surface area contributed by atoms with E-state index in [1.807, 2.05) is 32.0 Å². The number of imidazole rings is 1. The number of alkyl halides is 2. The first-order valence-corrected chi connectivity index (χ1v) is 47.5. The topological polar surface area (TPSA) is 626 Å². The average molecular weight is 1950 g/mol. The van der Waals surface area contributed by atoms with Crippen molar-refractivity contribution >= 4 is 150 Å². The highest BCUT2D eigenvalue weighted by molar-refractivity contribution is 8.00. The zero-order chi connectivity index (χ0) is 100. The number of phenols is 1. The van der Waals surface area contributed by atoms with E-state index in [4.69, 9.17) is 22.6 Å². The number of thiophene rings is 1. The van der Waals surface area contributed by atoms with E-state index in [0.717, 1.165) is 38.2 Å². The van der Waals surface area contributed by atoms with Crippen LogP contribution in [0.15, 0.2) is 96.9 Å². The standard InChI is InChI=1S/C91H125F2N23O19S2/c1-9-11-23-68-82(128)104-59(22-17-31-99-90(96)97)78(124)111-67(77(123)101-42-74(95)120)45-136-46-75(121)103-63(34-51-27-29-55(118)30-28-51)85(131)112(6)50(5)76(122)107-65(38-73(94)119)88(134)116-47-91(92,93)39-71(116)84(130)106-61(37-54-41-98-48-102-54)80(126)108-62(33-49(3)4)87(133)115-32-18-25-69(115)83(129)105-60(35-52-40-100-58-21-15-13-19-56(52)58)79(125)110-66(43-117)81(127)109-64(36-53-44-137-72-26-16-14-20-57(53)72)86(132)114(8)70(24-12-10-2)89(135)113(68)7/h13-16,19-21,26-30,40-41,44,48-50,59-71,100,117-118H,9-12,17-18,22-25,31-39,42-43,45-47H2,1-8H3,(H2,94,119)(H2,95,120)(H,98,102)(H,101,123)(H,103,121)(H,104,128)(H,105,129)(H,106,130)(H,107,122)(H,108,126)(H,109,127)(H,110,125)(H,111,124)(H4,96,97,99)/t50-,59?,60?,61-,62?,63-,64?,65?,66-,67-,68-,69?,70?,71-/m0/s1. The Morgan fingerprint density at radius 3 is 1.81 bits per heavy atom. The smallest absolute Gasteiger partial charge is 0.267 e. The molecule has 3 fully saturated rings. The number of carbonyl (C=O) groups excluding carboxylic acids is 17. The molecule has 3 saturated heterocycles. The van der Waals surface area contributed by atoms with Crippen molar-refractivity contribution in [3.63, 3.8) is 0 Å². The molecule has 0 radical (unpaired) electrons. The Hall–Kier alpha value is -13.4. The number of phenolic OH excluding ortho intramolecular Hbond substituents is 1. The van der Waals surface area contributed by atoms with E-state index < -0.39 is 247 Å². The Morgan fingerprint density at radius 1 is 0.584 bits per heavy atom. The van der Waals surface area contributed by atoms with Crippen LogP contribution in [-0.2, 0) is 107 Å². The number of carbonyl (C=O) groups is 17. The molecule has 744 valence electrons. The Labute approximate surface area is 798 Å². The van der Waals surface area contributed by atoms with Crippen molar-refractivity contribution in [1.82, 2.24) is 97.9 Å². The number of nitrogens with zero attached hydrogens (tertiary/aromatic N) is 6. The van der Waals surface area contributed by atoms with Crippen LogP contribution in [0.5, 0.6) is 5.75 Å². The van der Waals surface area contributed by atoms with Crippen LogP contribution in [0.2, 0.25) is 0 Å². The summed E-state index contributed by atoms with van der Waals surface area (Å²) >= 11 is 2.06. The fourth-order valence-corrected chi connectivity index (χ4v) is 18.5. The molecule has 3 aliphatic rings. The van der Waals surface area contributed by atoms with Crippen LogP contribution in [0.1, 0.15) is 140 Å². The minimum atomic E-state index is -3.85. The first kappa shape index (κ1) is 107. The predicted octanol–water partition coefficient (Wildman–Crippen LogP) is -0.921. The number of rotatable bonds is 26. The lowest BCUT2D eigenvalue weighted by Gasteiger charge is -2.36. The SMILES string of the molecule is CCCCC1C(=O)N(C)[C@@H](CCCC)C(=O)NC(CCCNC(=N)N)C(=O)N[C@H](C(=O)NCC(N)=O)CSCC(=O)N[C@@H](Cc2ccc(O)cc2)C(=O)N(C)[C@@H](C)C(=O)NC(CC(N)=O)C(=O)N2CC(F)(F)C[C@H]2C(=O)N[C@@H](Cc2cnc[nH]2)C(=O)NC(CC(C)C)C(=O)N2CCCC2C(=O)NC(Cc2c[nH]c3ccccc23)C(=O)N[C@@H](CO)C(=O)NC(Cc2csc3ccccc23)C(=O)N1C. The van der Waals surface area contributed by atoms with Crippen LogP contribution in [0.25, 0.3) is 21.0 Å². The maximum atomic E-state index is 16.1. The number of hydrogen-bond acceptors (Lipinski definition) is 23. The van der Waals surface area contributed by atoms with Gasteiger partial charge in [-0.2, -0.15) is 0 Å². The summed E-state index contributed by atoms with van der Waals surface area (Å²) in [7, 11) is 3.82. The number of benzene rings is 3. The number of para-hydroxylation sites is 1. The van der Waals surface area contributed by atoms with Crippen molar-refractivity contribution < 1.29 is 101 Å². The molecule has 6 heterocycles. The number of aromatic amines is 2. The number of nitrogens with two attached hydrogens (primary N) is 3. The third kappa shape index (κ3) is 30.0. The van der Waals surface area contributed by atoms with Crippen LogP contribution >= 0.6 is 23.1 Å². The number of aliphatic hydroxyl groups excluding tert-OH is 1. The zero-order valence-corrected chi connectivity index (χ0v) is 79.3. The molecule has 22 N–H and O–H groups in total. The summed E-state index contributed by atoms with van der Waals surface area (Å²) in [5.74, 6) is -23.5. The lowest BCUT2D eigenvalue weighted by Crippen LogP contribution is -2.62. The normalized spacial score (nSPS) is 24.4. The second-order valence-electron chi connectivity index (χ2n) is 35.0. The maximum Gasteiger partial charge on any atom is 0.267 e. The van der Waals surface area contributed by atoms with Crippen molar-refractivity contribution in [3.8, 4) is 5.75 Å². The number of aromatic nitrogens is 3. The Morgan fingerprint density at radius 2 is 1.16 bits per heavy atom. The van der Waals surface area contributed by atoms with Gasteiger partial charge in [0.05, 0.1) is 38.2 Å². The number of H-pyrrole nitrogens is 2. The number of guanidine groups is 1. The maximum absolute atomic E-state index is 16.1. The van der Waals surface area contributed by atoms with Crippen LogP contribution in [-0.4, -0.2) is 312 Å². The minimum Gasteiger partial charge on any atom is -0.508 e. The summed E-state index contributed by atoms with van der Waals surface area (Å²) in [6, 6.07) is -3.58. The summed E-state index contributed by atoms with van der Waals surface area (Å²) in [4.78, 5) is 265. The van der Waals surface area contributed by atoms with Gasteiger partial charge in [-0.3, -0.25) is 86.9 Å². The van der Waals surface area contributed by atoms with Crippen molar-refractivity contribution in [2.45, 2.75) is 234 Å². The molecule has 0 bridgehead atoms. The summed E-state index contributed by atoms with van der Waals surface area (Å²) in [6.45, 7) is 4.85. The molecule has 17 amide bonds. The number of fused-ring (bicyclic) bond motifs is 4. The van der Waals surface area contributed by atoms with Gasteiger partial charge in [-0.25, -0.2) is 13.8 Å². The fourth-order valence-electron chi connectivity index (χ4n) is 16.7. The third-order valence-electron chi connectivity index (χ3n) is 24.2. The van der Waals surface area contributed by atoms with E-state index in [-0.39, 0.29) is 94.7 Å². The van der Waals surface area contributed by atoms with E-state index in [2.05, 4.69) is 73.4 Å². The third-order valence-corrected chi connectivity index (χ3v) is 26.2. The lowest BCUT2D eigenvalue weighted by molar-refractivity contribution is -0.149. The van der Waals surface area contributed by atoms with E-state index >= 15 is 47.1 Å². The van der Waals surface area contributed by atoms with Crippen LogP contribution < -0.4 is 75.7 Å². The van der Waals surface area contributed by atoms with Gasteiger partial charge in [-0.1, -0.05) is 102 Å². The molecule has 0 spiro atoms. The van der Waals surface area contributed by atoms with E-state index in [1.165, 1.54) is 74.0 Å². The van der Waals surface area contributed by atoms with Crippen LogP contribution in [0.4, 0.5) is 8.78 Å². The second kappa shape index (κ2) is 50.4. The van der Waals surface area contributed by atoms with Gasteiger partial charge in [0.25, 0.3) is 5.92 Å². The highest BCUT2D eigenvalue weighted by Crippen LogP contribution is 2.35. The van der Waals surface area contributed by atoms with E-state index in [1.54, 1.807) is 55.8 Å². The van der Waals surface area contributed by atoms with Gasteiger partial charge in [0, 0.05) is 106 Å². The summed E-state index contributed by atoms with van der Waals surface area (Å²) in [5.41, 5.74) is 18.9. The number of aliphatic hydroxyl groups is 1. The Balaban J connectivity index is 1.11. The van der Waals surface area contributed by atoms with Gasteiger partial charge < -0.3 is 120 Å². The van der Waals surface area contributed by atoms with Gasteiger partial charge in [-0.15, -0.1) is 23.1 Å². The van der Waals surface area contributed by atoms with Crippen LogP contribution in [0.3, 0.4) is 0 Å². The highest BCUT2D eigenvalue weighted by atomic mass is 32.2. The van der Waals surface area contributed by atoms with Gasteiger partial charge in [0.15, 0.2) is 5.96 Å². The molecule has 42 nitrogen and oxygen atoms in total. The minimum absolute atomic E-state index is 0.00201. The first-order chi connectivity index (χ1) is 65.1. The number of unbranched alkanes of at least 4 members (excludes halogenated alkanes) is 2. The second-order valence-corrected chi connectivity index (χ2v) is 37.0. The zero-order valence-electron chi connectivity index (χ0n) is 77.7. The molecule has 0 saturated carbocycles. The summed E-state index contributed by atoms with van der Waals surface area (Å²) in [5, 5.41) is 60.9. The molecule has 3 aromatic heterocycles. The fraction of sp³-hybridized carbons (Fsp3) is 0.527. The number of thioether (sulfide) groups is 1. The molecule has 7 unspecified atom stereocenters. The first-order valence-electron chi connectivity index (χ1n) is 45.5. The monoisotopic (exact) mass is 1950 g/mol. The molecular formula is C91H125F2N23O19S2. The van der Waals surface area contributed by atoms with Crippen LogP contribution in [0, 0.1) is 11.3 Å². The summed E-state index contributed by atoms with van der Waals surface area (Å²) in [6.07, 6.45) is 1.84. The summed E-state index contributed by atoms with van der Waals surface area (Å²) < 4.78 is 33.0. The number of nitrogens with one attached hydrogen (secondary N) is 14. The van der Waals surface area contributed by atoms with Gasteiger partial charge in [-0.05, 0) is 110 Å².